The normalized spacial score (nSPS) is 19.5. The molecule has 0 radical (unpaired) electrons. The topological polar surface area (TPSA) is 66.6 Å². The number of carbonyl (C=O) groups excluding carboxylic acids is 1. The summed E-state index contributed by atoms with van der Waals surface area (Å²) in [6.07, 6.45) is 3.83. The Kier molecular flexibility index (Phi) is 4.43. The molecule has 1 fully saturated rings. The van der Waals surface area contributed by atoms with Crippen LogP contribution in [0.2, 0.25) is 0 Å². The van der Waals surface area contributed by atoms with E-state index in [-0.39, 0.29) is 18.6 Å². The molecule has 1 aliphatic heterocycles. The van der Waals surface area contributed by atoms with Crippen molar-refractivity contribution >= 4 is 11.6 Å². The average Bonchev–Trinajstić information content (AvgIpc) is 2.39. The Hall–Kier alpha value is -1.55. The van der Waals surface area contributed by atoms with Gasteiger partial charge in [-0.1, -0.05) is 0 Å². The Bertz CT molecular complexity index is 457. The van der Waals surface area contributed by atoms with Gasteiger partial charge in [-0.3, -0.25) is 4.79 Å². The van der Waals surface area contributed by atoms with Gasteiger partial charge in [0.15, 0.2) is 0 Å². The molecule has 1 atom stereocenters. The maximum atomic E-state index is 12.6. The maximum absolute atomic E-state index is 12.6. The first-order chi connectivity index (χ1) is 9.13. The van der Waals surface area contributed by atoms with Gasteiger partial charge in [0.2, 0.25) is 0 Å². The van der Waals surface area contributed by atoms with E-state index in [9.17, 15) is 4.79 Å². The minimum absolute atomic E-state index is 0.0654. The molecule has 1 heterocycles. The van der Waals surface area contributed by atoms with Gasteiger partial charge in [-0.05, 0) is 56.4 Å². The Labute approximate surface area is 114 Å². The van der Waals surface area contributed by atoms with Crippen LogP contribution in [0.25, 0.3) is 0 Å². The van der Waals surface area contributed by atoms with Crippen LogP contribution in [0, 0.1) is 6.92 Å². The summed E-state index contributed by atoms with van der Waals surface area (Å²) >= 11 is 0. The third-order valence-electron chi connectivity index (χ3n) is 3.83. The van der Waals surface area contributed by atoms with Crippen molar-refractivity contribution in [3.8, 4) is 0 Å². The van der Waals surface area contributed by atoms with Crippen LogP contribution in [0.3, 0.4) is 0 Å². The Morgan fingerprint density at radius 3 is 2.95 bits per heavy atom. The second-order valence-corrected chi connectivity index (χ2v) is 5.23. The summed E-state index contributed by atoms with van der Waals surface area (Å²) in [7, 11) is 0. The Morgan fingerprint density at radius 2 is 2.26 bits per heavy atom. The molecule has 0 aromatic heterocycles. The zero-order valence-electron chi connectivity index (χ0n) is 11.4. The molecule has 19 heavy (non-hydrogen) atoms. The first-order valence-corrected chi connectivity index (χ1v) is 6.91. The number of nitrogens with zero attached hydrogens (tertiary/aromatic N) is 1. The first kappa shape index (κ1) is 13.9. The van der Waals surface area contributed by atoms with Gasteiger partial charge in [-0.25, -0.2) is 0 Å². The van der Waals surface area contributed by atoms with Crippen molar-refractivity contribution in [3.05, 3.63) is 29.3 Å². The predicted molar refractivity (Wildman–Crippen MR) is 76.0 cm³/mol. The molecule has 0 bridgehead atoms. The van der Waals surface area contributed by atoms with Gasteiger partial charge in [-0.2, -0.15) is 0 Å². The number of anilines is 1. The summed E-state index contributed by atoms with van der Waals surface area (Å²) in [6.45, 7) is 2.83. The number of rotatable bonds is 3. The minimum atomic E-state index is 0.0654. The predicted octanol–water partition coefficient (Wildman–Crippen LogP) is 1.95. The molecule has 1 saturated heterocycles. The summed E-state index contributed by atoms with van der Waals surface area (Å²) in [5.41, 5.74) is 8.04. The van der Waals surface area contributed by atoms with Gasteiger partial charge in [0.1, 0.15) is 0 Å². The second kappa shape index (κ2) is 6.06. The molecule has 1 unspecified atom stereocenters. The zero-order valence-corrected chi connectivity index (χ0v) is 11.4. The molecule has 0 spiro atoms. The first-order valence-electron chi connectivity index (χ1n) is 6.91. The Morgan fingerprint density at radius 1 is 1.47 bits per heavy atom. The lowest BCUT2D eigenvalue weighted by Crippen LogP contribution is -2.44. The van der Waals surface area contributed by atoms with E-state index in [1.807, 2.05) is 17.9 Å². The fourth-order valence-electron chi connectivity index (χ4n) is 2.80. The van der Waals surface area contributed by atoms with E-state index in [2.05, 4.69) is 0 Å². The minimum Gasteiger partial charge on any atom is -0.399 e. The number of nitrogen functional groups attached to an aromatic ring is 1. The molecule has 2 rings (SSSR count). The van der Waals surface area contributed by atoms with Crippen molar-refractivity contribution in [2.75, 3.05) is 18.9 Å². The molecule has 3 N–H and O–H groups in total. The molecule has 4 heteroatoms. The van der Waals surface area contributed by atoms with Gasteiger partial charge in [0.25, 0.3) is 5.91 Å². The van der Waals surface area contributed by atoms with E-state index in [0.717, 1.165) is 36.9 Å². The van der Waals surface area contributed by atoms with Crippen LogP contribution in [0.5, 0.6) is 0 Å². The van der Waals surface area contributed by atoms with E-state index in [0.29, 0.717) is 12.1 Å². The van der Waals surface area contributed by atoms with Gasteiger partial charge < -0.3 is 15.7 Å². The number of aryl methyl sites for hydroxylation is 1. The van der Waals surface area contributed by atoms with E-state index in [1.54, 1.807) is 12.1 Å². The van der Waals surface area contributed by atoms with E-state index >= 15 is 0 Å². The van der Waals surface area contributed by atoms with Crippen LogP contribution in [0.15, 0.2) is 18.2 Å². The molecule has 1 aliphatic rings. The van der Waals surface area contributed by atoms with Gasteiger partial charge >= 0.3 is 0 Å². The molecule has 1 aromatic rings. The smallest absolute Gasteiger partial charge is 0.254 e. The third-order valence-corrected chi connectivity index (χ3v) is 3.83. The summed E-state index contributed by atoms with van der Waals surface area (Å²) in [4.78, 5) is 14.5. The number of nitrogens with two attached hydrogens (primary N) is 1. The lowest BCUT2D eigenvalue weighted by molar-refractivity contribution is 0.0574. The van der Waals surface area contributed by atoms with Crippen LogP contribution >= 0.6 is 0 Å². The zero-order chi connectivity index (χ0) is 13.8. The molecule has 104 valence electrons. The van der Waals surface area contributed by atoms with Gasteiger partial charge in [0, 0.05) is 30.4 Å². The number of benzene rings is 1. The van der Waals surface area contributed by atoms with Crippen molar-refractivity contribution in [1.29, 1.82) is 0 Å². The number of aliphatic hydroxyl groups excluding tert-OH is 1. The summed E-state index contributed by atoms with van der Waals surface area (Å²) in [5, 5.41) is 9.13. The molecule has 1 amide bonds. The van der Waals surface area contributed by atoms with Crippen LogP contribution in [-0.2, 0) is 0 Å². The van der Waals surface area contributed by atoms with E-state index < -0.39 is 0 Å². The molecular formula is C15H22N2O2. The maximum Gasteiger partial charge on any atom is 0.254 e. The fourth-order valence-corrected chi connectivity index (χ4v) is 2.80. The molecular weight excluding hydrogens is 240 g/mol. The van der Waals surface area contributed by atoms with Crippen LogP contribution in [0.1, 0.15) is 41.6 Å². The Balaban J connectivity index is 2.21. The highest BCUT2D eigenvalue weighted by Crippen LogP contribution is 2.23. The standard InChI is InChI=1S/C15H22N2O2/c1-11-10-12(16)5-6-14(11)15(19)17-8-3-2-4-13(17)7-9-18/h5-6,10,13,18H,2-4,7-9,16H2,1H3. The summed E-state index contributed by atoms with van der Waals surface area (Å²) in [6, 6.07) is 5.57. The number of hydrogen-bond donors (Lipinski definition) is 2. The number of carbonyl (C=O) groups is 1. The largest absolute Gasteiger partial charge is 0.399 e. The van der Waals surface area contributed by atoms with E-state index in [4.69, 9.17) is 10.8 Å². The SMILES string of the molecule is Cc1cc(N)ccc1C(=O)N1CCCCC1CCO. The highest BCUT2D eigenvalue weighted by molar-refractivity contribution is 5.96. The van der Waals surface area contributed by atoms with Crippen molar-refractivity contribution < 1.29 is 9.90 Å². The highest BCUT2D eigenvalue weighted by atomic mass is 16.3. The average molecular weight is 262 g/mol. The molecule has 0 saturated carbocycles. The number of aliphatic hydroxyl groups is 1. The third kappa shape index (κ3) is 3.07. The highest BCUT2D eigenvalue weighted by Gasteiger charge is 2.27. The van der Waals surface area contributed by atoms with Crippen molar-refractivity contribution in [2.45, 2.75) is 38.6 Å². The number of piperidine rings is 1. The lowest BCUT2D eigenvalue weighted by Gasteiger charge is -2.36. The van der Waals surface area contributed by atoms with Crippen molar-refractivity contribution in [2.24, 2.45) is 0 Å². The number of hydrogen-bond acceptors (Lipinski definition) is 3. The summed E-state index contributed by atoms with van der Waals surface area (Å²) < 4.78 is 0. The van der Waals surface area contributed by atoms with Crippen LogP contribution in [0.4, 0.5) is 5.69 Å². The molecule has 0 aliphatic carbocycles. The van der Waals surface area contributed by atoms with Gasteiger partial charge in [-0.15, -0.1) is 0 Å². The summed E-state index contributed by atoms with van der Waals surface area (Å²) in [5.74, 6) is 0.0654. The number of amides is 1. The lowest BCUT2D eigenvalue weighted by atomic mass is 9.97. The van der Waals surface area contributed by atoms with Crippen LogP contribution < -0.4 is 5.73 Å². The molecule has 4 nitrogen and oxygen atoms in total. The molecule has 1 aromatic carbocycles. The van der Waals surface area contributed by atoms with E-state index in [1.165, 1.54) is 0 Å². The van der Waals surface area contributed by atoms with Crippen LogP contribution in [-0.4, -0.2) is 35.1 Å². The van der Waals surface area contributed by atoms with Gasteiger partial charge in [0.05, 0.1) is 0 Å². The number of likely N-dealkylation sites (tertiary alicyclic amines) is 1. The van der Waals surface area contributed by atoms with Crippen molar-refractivity contribution in [3.63, 3.8) is 0 Å². The van der Waals surface area contributed by atoms with Crippen molar-refractivity contribution in [1.82, 2.24) is 4.90 Å². The fraction of sp³-hybridized carbons (Fsp3) is 0.533. The quantitative estimate of drug-likeness (QED) is 0.818. The second-order valence-electron chi connectivity index (χ2n) is 5.23. The monoisotopic (exact) mass is 262 g/mol.